The minimum Gasteiger partial charge on any atom is -0.392 e. The van der Waals surface area contributed by atoms with Crippen LogP contribution >= 0.6 is 11.3 Å². The summed E-state index contributed by atoms with van der Waals surface area (Å²) < 4.78 is 1.45. The quantitative estimate of drug-likeness (QED) is 0.393. The lowest BCUT2D eigenvalue weighted by Gasteiger charge is -2.07. The molecule has 104 valence electrons. The Labute approximate surface area is 113 Å². The Hall–Kier alpha value is -1.71. The summed E-state index contributed by atoms with van der Waals surface area (Å²) in [6.45, 7) is 3.27. The third-order valence-corrected chi connectivity index (χ3v) is 3.20. The number of thiazole rings is 1. The third-order valence-electron chi connectivity index (χ3n) is 2.44. The van der Waals surface area contributed by atoms with E-state index < -0.39 is 11.0 Å². The number of hydrogen-bond acceptors (Lipinski definition) is 7. The molecule has 0 amide bonds. The fraction of sp³-hybridized carbons (Fsp3) is 0.500. The van der Waals surface area contributed by atoms with Crippen molar-refractivity contribution < 1.29 is 10.0 Å². The summed E-state index contributed by atoms with van der Waals surface area (Å²) >= 11 is 1.35. The molecule has 0 aromatic carbocycles. The maximum Gasteiger partial charge on any atom is 0.372 e. The van der Waals surface area contributed by atoms with Crippen LogP contribution in [0.1, 0.15) is 6.92 Å². The summed E-state index contributed by atoms with van der Waals surface area (Å²) in [5, 5.41) is 27.8. The molecule has 1 unspecified atom stereocenters. The molecular formula is C10H15N5O3S. The lowest BCUT2D eigenvalue weighted by Crippen LogP contribution is -2.29. The van der Waals surface area contributed by atoms with Crippen LogP contribution < -0.4 is 10.6 Å². The van der Waals surface area contributed by atoms with E-state index in [2.05, 4.69) is 15.6 Å². The number of nitrogens with one attached hydrogen (secondary N) is 2. The molecule has 0 aliphatic heterocycles. The van der Waals surface area contributed by atoms with Crippen molar-refractivity contribution >= 4 is 27.9 Å². The van der Waals surface area contributed by atoms with Crippen LogP contribution in [0.3, 0.4) is 0 Å². The van der Waals surface area contributed by atoms with Gasteiger partial charge in [-0.05, 0) is 11.8 Å². The minimum absolute atomic E-state index is 0.0493. The van der Waals surface area contributed by atoms with Gasteiger partial charge in [-0.3, -0.25) is 0 Å². The standard InChI is InChI=1S/C10H15N5O3S/c1-7(16)6-11-2-3-12-8-9(15(17)18)14-4-5-19-10(14)13-8/h4-5,7,11-12,16H,2-3,6H2,1H3. The van der Waals surface area contributed by atoms with Crippen molar-refractivity contribution in [1.82, 2.24) is 14.7 Å². The Morgan fingerprint density at radius 1 is 1.63 bits per heavy atom. The molecule has 0 radical (unpaired) electrons. The summed E-state index contributed by atoms with van der Waals surface area (Å²) in [6, 6.07) is 0. The zero-order chi connectivity index (χ0) is 13.8. The first-order valence-electron chi connectivity index (χ1n) is 5.82. The highest BCUT2D eigenvalue weighted by atomic mass is 32.1. The highest BCUT2D eigenvalue weighted by Crippen LogP contribution is 2.27. The molecule has 0 saturated heterocycles. The minimum atomic E-state index is -0.446. The van der Waals surface area contributed by atoms with E-state index in [9.17, 15) is 10.1 Å². The summed E-state index contributed by atoms with van der Waals surface area (Å²) in [7, 11) is 0. The Morgan fingerprint density at radius 2 is 2.42 bits per heavy atom. The van der Waals surface area contributed by atoms with Gasteiger partial charge in [0.2, 0.25) is 5.82 Å². The zero-order valence-electron chi connectivity index (χ0n) is 10.4. The molecule has 9 heteroatoms. The number of hydrogen-bond donors (Lipinski definition) is 3. The monoisotopic (exact) mass is 285 g/mol. The molecular weight excluding hydrogens is 270 g/mol. The third kappa shape index (κ3) is 3.19. The molecule has 2 aromatic rings. The molecule has 1 atom stereocenters. The topological polar surface area (TPSA) is 105 Å². The Morgan fingerprint density at radius 3 is 3.11 bits per heavy atom. The second-order valence-corrected chi connectivity index (χ2v) is 4.95. The van der Waals surface area contributed by atoms with Gasteiger partial charge in [0.25, 0.3) is 4.96 Å². The van der Waals surface area contributed by atoms with Crippen LogP contribution in [0.4, 0.5) is 11.6 Å². The number of nitrogens with zero attached hydrogens (tertiary/aromatic N) is 3. The molecule has 2 heterocycles. The number of anilines is 1. The van der Waals surface area contributed by atoms with Crippen LogP contribution in [0.2, 0.25) is 0 Å². The van der Waals surface area contributed by atoms with Crippen LogP contribution in [0.5, 0.6) is 0 Å². The van der Waals surface area contributed by atoms with Gasteiger partial charge in [-0.25, -0.2) is 0 Å². The average molecular weight is 285 g/mol. The lowest BCUT2D eigenvalue weighted by atomic mass is 10.4. The van der Waals surface area contributed by atoms with Crippen LogP contribution in [0.25, 0.3) is 4.96 Å². The molecule has 2 rings (SSSR count). The van der Waals surface area contributed by atoms with Gasteiger partial charge in [0.05, 0.1) is 6.10 Å². The summed E-state index contributed by atoms with van der Waals surface area (Å²) in [5.41, 5.74) is 0. The van der Waals surface area contributed by atoms with Gasteiger partial charge in [0.15, 0.2) is 0 Å². The van der Waals surface area contributed by atoms with Gasteiger partial charge in [0.1, 0.15) is 6.20 Å². The first-order chi connectivity index (χ1) is 9.09. The van der Waals surface area contributed by atoms with E-state index in [1.807, 2.05) is 0 Å². The smallest absolute Gasteiger partial charge is 0.372 e. The fourth-order valence-corrected chi connectivity index (χ4v) is 2.36. The zero-order valence-corrected chi connectivity index (χ0v) is 11.2. The number of rotatable bonds is 7. The predicted octanol–water partition coefficient (Wildman–Crippen LogP) is 0.686. The van der Waals surface area contributed by atoms with E-state index in [0.717, 1.165) is 0 Å². The van der Waals surface area contributed by atoms with Crippen molar-refractivity contribution in [3.05, 3.63) is 21.7 Å². The van der Waals surface area contributed by atoms with E-state index in [-0.39, 0.29) is 11.6 Å². The summed E-state index contributed by atoms with van der Waals surface area (Å²) in [5.74, 6) is 0.225. The van der Waals surface area contributed by atoms with Crippen LogP contribution in [-0.2, 0) is 0 Å². The Balaban J connectivity index is 1.98. The van der Waals surface area contributed by atoms with E-state index >= 15 is 0 Å². The van der Waals surface area contributed by atoms with Gasteiger partial charge >= 0.3 is 5.82 Å². The lowest BCUT2D eigenvalue weighted by molar-refractivity contribution is -0.389. The molecule has 0 aliphatic rings. The normalized spacial score (nSPS) is 12.7. The second kappa shape index (κ2) is 5.95. The van der Waals surface area contributed by atoms with Crippen molar-refractivity contribution in [1.29, 1.82) is 0 Å². The summed E-state index contributed by atoms with van der Waals surface area (Å²) in [4.78, 5) is 15.4. The van der Waals surface area contributed by atoms with Crippen molar-refractivity contribution in [3.8, 4) is 0 Å². The Bertz CT molecular complexity index is 565. The number of imidazole rings is 1. The number of fused-ring (bicyclic) bond motifs is 1. The molecule has 19 heavy (non-hydrogen) atoms. The first-order valence-corrected chi connectivity index (χ1v) is 6.70. The number of aliphatic hydroxyl groups excluding tert-OH is 1. The van der Waals surface area contributed by atoms with E-state index in [1.54, 1.807) is 18.5 Å². The maximum absolute atomic E-state index is 11.0. The highest BCUT2D eigenvalue weighted by molar-refractivity contribution is 7.15. The van der Waals surface area contributed by atoms with Crippen molar-refractivity contribution in [2.45, 2.75) is 13.0 Å². The van der Waals surface area contributed by atoms with Crippen LogP contribution in [0.15, 0.2) is 11.6 Å². The molecule has 0 fully saturated rings. The number of aromatic nitrogens is 2. The molecule has 0 bridgehead atoms. The molecule has 0 spiro atoms. The Kier molecular flexibility index (Phi) is 4.30. The SMILES string of the molecule is CC(O)CNCCNc1nc2sccn2c1[N+](=O)[O-]. The van der Waals surface area contributed by atoms with Crippen molar-refractivity contribution in [3.63, 3.8) is 0 Å². The second-order valence-electron chi connectivity index (χ2n) is 4.08. The molecule has 2 aromatic heterocycles. The average Bonchev–Trinajstić information content (AvgIpc) is 2.86. The van der Waals surface area contributed by atoms with Gasteiger partial charge < -0.3 is 25.9 Å². The predicted molar refractivity (Wildman–Crippen MR) is 72.8 cm³/mol. The van der Waals surface area contributed by atoms with E-state index in [0.29, 0.717) is 24.6 Å². The molecule has 3 N–H and O–H groups in total. The van der Waals surface area contributed by atoms with Crippen molar-refractivity contribution in [2.75, 3.05) is 25.0 Å². The molecule has 8 nitrogen and oxygen atoms in total. The van der Waals surface area contributed by atoms with Crippen molar-refractivity contribution in [2.24, 2.45) is 0 Å². The first kappa shape index (κ1) is 13.7. The van der Waals surface area contributed by atoms with Crippen LogP contribution in [0, 0.1) is 10.1 Å². The molecule has 0 aliphatic carbocycles. The highest BCUT2D eigenvalue weighted by Gasteiger charge is 2.22. The van der Waals surface area contributed by atoms with Gasteiger partial charge in [-0.2, -0.15) is 9.38 Å². The fourth-order valence-electron chi connectivity index (χ4n) is 1.65. The van der Waals surface area contributed by atoms with Gasteiger partial charge in [-0.1, -0.05) is 11.3 Å². The summed E-state index contributed by atoms with van der Waals surface area (Å²) in [6.07, 6.45) is 1.22. The van der Waals surface area contributed by atoms with Crippen LogP contribution in [-0.4, -0.2) is 45.2 Å². The number of aliphatic hydroxyl groups is 1. The van der Waals surface area contributed by atoms with E-state index in [4.69, 9.17) is 5.11 Å². The van der Waals surface area contributed by atoms with E-state index in [1.165, 1.54) is 15.7 Å². The molecule has 0 saturated carbocycles. The maximum atomic E-state index is 11.0. The van der Waals surface area contributed by atoms with Gasteiger partial charge in [0, 0.05) is 25.0 Å². The number of nitro groups is 1. The van der Waals surface area contributed by atoms with Gasteiger partial charge in [-0.15, -0.1) is 0 Å². The largest absolute Gasteiger partial charge is 0.392 e.